The van der Waals surface area contributed by atoms with E-state index in [0.717, 1.165) is 12.1 Å². The summed E-state index contributed by atoms with van der Waals surface area (Å²) in [6.07, 6.45) is 0. The number of rotatable bonds is 4. The van der Waals surface area contributed by atoms with Crippen LogP contribution in [-0.4, -0.2) is 13.6 Å². The van der Waals surface area contributed by atoms with Gasteiger partial charge in [0.1, 0.15) is 17.3 Å². The standard InChI is InChI=1S/C16H10ClF3N2O3S/c17-10-3-1-8(2-4-10)15-14(13(7-18)25-22-15)9-5-11(19)16(12(20)6-9)26(21,23)24/h1-6H,7H2,(H2,21,23,24). The summed E-state index contributed by atoms with van der Waals surface area (Å²) in [4.78, 5) is -1.27. The van der Waals surface area contributed by atoms with Crippen LogP contribution >= 0.6 is 11.6 Å². The van der Waals surface area contributed by atoms with Crippen LogP contribution in [0.1, 0.15) is 5.76 Å². The van der Waals surface area contributed by atoms with E-state index in [2.05, 4.69) is 5.16 Å². The largest absolute Gasteiger partial charge is 0.357 e. The third-order valence-electron chi connectivity index (χ3n) is 3.57. The molecule has 1 aromatic heterocycles. The number of benzene rings is 2. The highest BCUT2D eigenvalue weighted by Crippen LogP contribution is 2.37. The number of aromatic nitrogens is 1. The Hall–Kier alpha value is -2.36. The van der Waals surface area contributed by atoms with E-state index in [1.807, 2.05) is 0 Å². The van der Waals surface area contributed by atoms with Gasteiger partial charge in [0.2, 0.25) is 10.0 Å². The van der Waals surface area contributed by atoms with E-state index in [-0.39, 0.29) is 22.6 Å². The summed E-state index contributed by atoms with van der Waals surface area (Å²) >= 11 is 5.82. The van der Waals surface area contributed by atoms with Crippen molar-refractivity contribution in [3.05, 3.63) is 58.8 Å². The van der Waals surface area contributed by atoms with Crippen molar-refractivity contribution in [3.8, 4) is 22.4 Å². The first-order valence-corrected chi connectivity index (χ1v) is 8.97. The van der Waals surface area contributed by atoms with Gasteiger partial charge in [-0.3, -0.25) is 0 Å². The third-order valence-corrected chi connectivity index (χ3v) is 4.78. The minimum Gasteiger partial charge on any atom is -0.357 e. The van der Waals surface area contributed by atoms with E-state index in [1.54, 1.807) is 24.3 Å². The molecule has 0 unspecified atom stereocenters. The maximum Gasteiger partial charge on any atom is 0.243 e. The Bertz CT molecular complexity index is 1060. The molecule has 0 atom stereocenters. The van der Waals surface area contributed by atoms with Crippen LogP contribution < -0.4 is 5.14 Å². The van der Waals surface area contributed by atoms with Gasteiger partial charge in [-0.05, 0) is 29.8 Å². The molecule has 26 heavy (non-hydrogen) atoms. The molecule has 0 aliphatic heterocycles. The Morgan fingerprint density at radius 3 is 2.15 bits per heavy atom. The number of sulfonamides is 1. The van der Waals surface area contributed by atoms with Crippen molar-refractivity contribution >= 4 is 21.6 Å². The van der Waals surface area contributed by atoms with Gasteiger partial charge in [-0.15, -0.1) is 0 Å². The van der Waals surface area contributed by atoms with Gasteiger partial charge >= 0.3 is 0 Å². The van der Waals surface area contributed by atoms with Crippen molar-refractivity contribution in [2.45, 2.75) is 11.6 Å². The second kappa shape index (κ2) is 6.75. The van der Waals surface area contributed by atoms with Crippen LogP contribution in [0, 0.1) is 11.6 Å². The lowest BCUT2D eigenvalue weighted by Gasteiger charge is -2.08. The molecular weight excluding hydrogens is 393 g/mol. The molecule has 0 saturated carbocycles. The zero-order valence-corrected chi connectivity index (χ0v) is 14.4. The Labute approximate surface area is 151 Å². The first kappa shape index (κ1) is 18.4. The summed E-state index contributed by atoms with van der Waals surface area (Å²) in [5, 5.41) is 9.00. The molecule has 0 fully saturated rings. The van der Waals surface area contributed by atoms with Crippen LogP contribution in [0.15, 0.2) is 45.8 Å². The molecule has 10 heteroatoms. The lowest BCUT2D eigenvalue weighted by molar-refractivity contribution is 0.332. The highest BCUT2D eigenvalue weighted by atomic mass is 35.5. The van der Waals surface area contributed by atoms with Gasteiger partial charge in [-0.1, -0.05) is 28.9 Å². The van der Waals surface area contributed by atoms with Gasteiger partial charge in [0.25, 0.3) is 0 Å². The van der Waals surface area contributed by atoms with E-state index in [9.17, 15) is 21.6 Å². The molecule has 0 aliphatic carbocycles. The van der Waals surface area contributed by atoms with Gasteiger partial charge in [0, 0.05) is 10.6 Å². The van der Waals surface area contributed by atoms with Crippen LogP contribution in [0.3, 0.4) is 0 Å². The van der Waals surface area contributed by atoms with Crippen molar-refractivity contribution < 1.29 is 26.1 Å². The van der Waals surface area contributed by atoms with E-state index < -0.39 is 33.2 Å². The second-order valence-electron chi connectivity index (χ2n) is 5.28. The summed E-state index contributed by atoms with van der Waals surface area (Å²) in [7, 11) is -4.61. The molecule has 0 radical (unpaired) electrons. The second-order valence-corrected chi connectivity index (χ2v) is 7.22. The molecule has 136 valence electrons. The maximum atomic E-state index is 14.2. The van der Waals surface area contributed by atoms with Gasteiger partial charge in [-0.2, -0.15) is 0 Å². The average Bonchev–Trinajstić information content (AvgIpc) is 2.97. The Balaban J connectivity index is 2.24. The molecule has 0 spiro atoms. The van der Waals surface area contributed by atoms with Gasteiger partial charge < -0.3 is 4.52 Å². The monoisotopic (exact) mass is 402 g/mol. The predicted octanol–water partition coefficient (Wildman–Crippen LogP) is 4.06. The highest BCUT2D eigenvalue weighted by molar-refractivity contribution is 7.89. The molecule has 0 aliphatic rings. The molecule has 3 rings (SSSR count). The fourth-order valence-electron chi connectivity index (χ4n) is 2.49. The average molecular weight is 403 g/mol. The maximum absolute atomic E-state index is 14.2. The molecule has 2 aromatic carbocycles. The van der Waals surface area contributed by atoms with Crippen molar-refractivity contribution in [3.63, 3.8) is 0 Å². The van der Waals surface area contributed by atoms with Crippen LogP contribution in [0.2, 0.25) is 5.02 Å². The smallest absolute Gasteiger partial charge is 0.243 e. The van der Waals surface area contributed by atoms with Crippen LogP contribution in [0.4, 0.5) is 13.2 Å². The first-order valence-electron chi connectivity index (χ1n) is 7.05. The molecule has 0 amide bonds. The van der Waals surface area contributed by atoms with E-state index in [1.165, 1.54) is 0 Å². The summed E-state index contributed by atoms with van der Waals surface area (Å²) in [5.74, 6) is -3.08. The summed E-state index contributed by atoms with van der Waals surface area (Å²) in [5.41, 5.74) is 0.431. The predicted molar refractivity (Wildman–Crippen MR) is 88.5 cm³/mol. The lowest BCUT2D eigenvalue weighted by atomic mass is 9.99. The van der Waals surface area contributed by atoms with Crippen LogP contribution in [0.25, 0.3) is 22.4 Å². The SMILES string of the molecule is NS(=O)(=O)c1c(F)cc(-c2c(-c3ccc(Cl)cc3)noc2CF)cc1F. The fourth-order valence-corrected chi connectivity index (χ4v) is 3.28. The Morgan fingerprint density at radius 1 is 1.08 bits per heavy atom. The molecule has 1 heterocycles. The van der Waals surface area contributed by atoms with Gasteiger partial charge in [0.15, 0.2) is 17.3 Å². The normalized spacial score (nSPS) is 11.7. The van der Waals surface area contributed by atoms with E-state index in [0.29, 0.717) is 10.6 Å². The van der Waals surface area contributed by atoms with E-state index >= 15 is 0 Å². The number of hydrogen-bond acceptors (Lipinski definition) is 4. The summed E-state index contributed by atoms with van der Waals surface area (Å²) in [6.45, 7) is -1.09. The molecule has 0 bridgehead atoms. The van der Waals surface area contributed by atoms with Crippen LogP contribution in [-0.2, 0) is 16.7 Å². The van der Waals surface area contributed by atoms with Crippen molar-refractivity contribution in [2.24, 2.45) is 5.14 Å². The fraction of sp³-hybridized carbons (Fsp3) is 0.0625. The topological polar surface area (TPSA) is 86.2 Å². The molecular formula is C16H10ClF3N2O3S. The quantitative estimate of drug-likeness (QED) is 0.713. The number of nitrogens with zero attached hydrogens (tertiary/aromatic N) is 1. The van der Waals surface area contributed by atoms with Crippen molar-refractivity contribution in [1.82, 2.24) is 5.16 Å². The number of hydrogen-bond donors (Lipinski definition) is 1. The Kier molecular flexibility index (Phi) is 4.78. The molecule has 0 saturated heterocycles. The lowest BCUT2D eigenvalue weighted by Crippen LogP contribution is -2.16. The Morgan fingerprint density at radius 2 is 1.65 bits per heavy atom. The third kappa shape index (κ3) is 3.33. The first-order chi connectivity index (χ1) is 12.2. The highest BCUT2D eigenvalue weighted by Gasteiger charge is 2.25. The van der Waals surface area contributed by atoms with Gasteiger partial charge in [0.05, 0.1) is 5.56 Å². The number of halogens is 4. The zero-order chi connectivity index (χ0) is 19.1. The zero-order valence-electron chi connectivity index (χ0n) is 12.8. The molecule has 5 nitrogen and oxygen atoms in total. The van der Waals surface area contributed by atoms with Crippen LogP contribution in [0.5, 0.6) is 0 Å². The van der Waals surface area contributed by atoms with Crippen molar-refractivity contribution in [1.29, 1.82) is 0 Å². The molecule has 2 N–H and O–H groups in total. The number of nitrogens with two attached hydrogens (primary N) is 1. The summed E-state index contributed by atoms with van der Waals surface area (Å²) in [6, 6.07) is 7.70. The van der Waals surface area contributed by atoms with E-state index in [4.69, 9.17) is 21.3 Å². The summed E-state index contributed by atoms with van der Waals surface area (Å²) < 4.78 is 69.1. The minimum absolute atomic E-state index is 0.00593. The number of primary sulfonamides is 1. The molecule has 3 aromatic rings. The minimum atomic E-state index is -4.61. The number of alkyl halides is 1. The van der Waals surface area contributed by atoms with Gasteiger partial charge in [-0.25, -0.2) is 26.7 Å². The van der Waals surface area contributed by atoms with Crippen molar-refractivity contribution in [2.75, 3.05) is 0 Å².